The van der Waals surface area contributed by atoms with E-state index in [1.54, 1.807) is 6.08 Å². The highest BCUT2D eigenvalue weighted by Crippen LogP contribution is 2.24. The molecule has 0 radical (unpaired) electrons. The van der Waals surface area contributed by atoms with E-state index in [0.717, 1.165) is 25.6 Å². The van der Waals surface area contributed by atoms with Gasteiger partial charge in [-0.2, -0.15) is 0 Å². The number of hydrogen-bond acceptors (Lipinski definition) is 3. The van der Waals surface area contributed by atoms with Crippen molar-refractivity contribution in [3.8, 4) is 0 Å². The molecule has 0 aromatic rings. The molecule has 2 fully saturated rings. The fourth-order valence-electron chi connectivity index (χ4n) is 3.54. The molecule has 2 aliphatic rings. The van der Waals surface area contributed by atoms with Gasteiger partial charge < -0.3 is 10.2 Å². The lowest BCUT2D eigenvalue weighted by Gasteiger charge is -2.28. The fourth-order valence-corrected chi connectivity index (χ4v) is 3.54. The van der Waals surface area contributed by atoms with E-state index >= 15 is 0 Å². The Morgan fingerprint density at radius 1 is 1.05 bits per heavy atom. The average molecular weight is 293 g/mol. The van der Waals surface area contributed by atoms with Crippen LogP contribution in [0.15, 0.2) is 12.7 Å². The highest BCUT2D eigenvalue weighted by atomic mass is 16.2. The number of nitrogens with one attached hydrogen (secondary N) is 1. The van der Waals surface area contributed by atoms with Gasteiger partial charge in [0.2, 0.25) is 5.91 Å². The predicted molar refractivity (Wildman–Crippen MR) is 87.3 cm³/mol. The Kier molecular flexibility index (Phi) is 7.24. The minimum absolute atomic E-state index is 0.121. The van der Waals surface area contributed by atoms with Crippen LogP contribution in [0.25, 0.3) is 0 Å². The summed E-state index contributed by atoms with van der Waals surface area (Å²) >= 11 is 0. The molecule has 4 heteroatoms. The SMILES string of the molecule is C=CCNC(=O)CN1CCCN(CC2CCCCC2)CC1. The molecule has 1 amide bonds. The zero-order valence-electron chi connectivity index (χ0n) is 13.4. The fraction of sp³-hybridized carbons (Fsp3) is 0.824. The largest absolute Gasteiger partial charge is 0.352 e. The normalized spacial score (nSPS) is 22.7. The molecule has 1 aliphatic carbocycles. The van der Waals surface area contributed by atoms with Crippen molar-refractivity contribution in [2.24, 2.45) is 5.92 Å². The van der Waals surface area contributed by atoms with E-state index in [0.29, 0.717) is 13.1 Å². The third-order valence-corrected chi connectivity index (χ3v) is 4.73. The number of carbonyl (C=O) groups excluding carboxylic acids is 1. The molecular weight excluding hydrogens is 262 g/mol. The first-order valence-corrected chi connectivity index (χ1v) is 8.60. The number of amides is 1. The van der Waals surface area contributed by atoms with E-state index in [1.807, 2.05) is 0 Å². The topological polar surface area (TPSA) is 35.6 Å². The molecule has 1 heterocycles. The molecule has 1 saturated carbocycles. The van der Waals surface area contributed by atoms with Gasteiger partial charge in [-0.25, -0.2) is 0 Å². The van der Waals surface area contributed by atoms with Crippen LogP contribution >= 0.6 is 0 Å². The van der Waals surface area contributed by atoms with Crippen molar-refractivity contribution in [1.29, 1.82) is 0 Å². The van der Waals surface area contributed by atoms with Crippen molar-refractivity contribution >= 4 is 5.91 Å². The lowest BCUT2D eigenvalue weighted by molar-refractivity contribution is -0.122. The summed E-state index contributed by atoms with van der Waals surface area (Å²) in [6.45, 7) is 10.4. The second-order valence-electron chi connectivity index (χ2n) is 6.53. The molecule has 1 saturated heterocycles. The molecule has 4 nitrogen and oxygen atoms in total. The molecule has 21 heavy (non-hydrogen) atoms. The summed E-state index contributed by atoms with van der Waals surface area (Å²) in [6, 6.07) is 0. The van der Waals surface area contributed by atoms with E-state index in [-0.39, 0.29) is 5.91 Å². The summed E-state index contributed by atoms with van der Waals surface area (Å²) in [5, 5.41) is 2.86. The average Bonchev–Trinajstić information content (AvgIpc) is 2.72. The minimum Gasteiger partial charge on any atom is -0.352 e. The van der Waals surface area contributed by atoms with E-state index in [9.17, 15) is 4.79 Å². The molecule has 0 aromatic heterocycles. The maximum absolute atomic E-state index is 11.8. The van der Waals surface area contributed by atoms with Gasteiger partial charge in [0.15, 0.2) is 0 Å². The standard InChI is InChI=1S/C17H31N3O/c1-2-9-18-17(21)15-20-11-6-10-19(12-13-20)14-16-7-4-3-5-8-16/h2,16H,1,3-15H2,(H,18,21). The third kappa shape index (κ3) is 6.18. The lowest BCUT2D eigenvalue weighted by Crippen LogP contribution is -2.39. The van der Waals surface area contributed by atoms with Crippen molar-refractivity contribution in [1.82, 2.24) is 15.1 Å². The van der Waals surface area contributed by atoms with Gasteiger partial charge in [-0.15, -0.1) is 6.58 Å². The van der Waals surface area contributed by atoms with E-state index < -0.39 is 0 Å². The van der Waals surface area contributed by atoms with Crippen molar-refractivity contribution in [3.05, 3.63) is 12.7 Å². The molecule has 2 rings (SSSR count). The van der Waals surface area contributed by atoms with Gasteiger partial charge in [0.25, 0.3) is 0 Å². The van der Waals surface area contributed by atoms with Crippen LogP contribution in [0.3, 0.4) is 0 Å². The molecule has 0 aromatic carbocycles. The first-order chi connectivity index (χ1) is 10.3. The second kappa shape index (κ2) is 9.21. The van der Waals surface area contributed by atoms with Crippen LogP contribution in [0.1, 0.15) is 38.5 Å². The van der Waals surface area contributed by atoms with Gasteiger partial charge in [0.05, 0.1) is 6.54 Å². The zero-order chi connectivity index (χ0) is 14.9. The number of rotatable bonds is 6. The van der Waals surface area contributed by atoms with Gasteiger partial charge in [-0.1, -0.05) is 25.3 Å². The number of hydrogen-bond donors (Lipinski definition) is 1. The summed E-state index contributed by atoms with van der Waals surface area (Å²) < 4.78 is 0. The van der Waals surface area contributed by atoms with E-state index in [4.69, 9.17) is 0 Å². The van der Waals surface area contributed by atoms with Crippen molar-refractivity contribution in [2.75, 3.05) is 45.8 Å². The first-order valence-electron chi connectivity index (χ1n) is 8.60. The number of carbonyl (C=O) groups is 1. The van der Waals surface area contributed by atoms with Gasteiger partial charge in [0, 0.05) is 26.2 Å². The molecule has 0 unspecified atom stereocenters. The van der Waals surface area contributed by atoms with Crippen LogP contribution in [0, 0.1) is 5.92 Å². The molecule has 1 N–H and O–H groups in total. The quantitative estimate of drug-likeness (QED) is 0.760. The Morgan fingerprint density at radius 2 is 1.76 bits per heavy atom. The molecule has 0 bridgehead atoms. The van der Waals surface area contributed by atoms with Gasteiger partial charge >= 0.3 is 0 Å². The van der Waals surface area contributed by atoms with Crippen LogP contribution in [-0.4, -0.2) is 61.5 Å². The summed E-state index contributed by atoms with van der Waals surface area (Å²) in [5.74, 6) is 1.04. The smallest absolute Gasteiger partial charge is 0.234 e. The summed E-state index contributed by atoms with van der Waals surface area (Å²) in [4.78, 5) is 16.7. The number of nitrogens with zero attached hydrogens (tertiary/aromatic N) is 2. The van der Waals surface area contributed by atoms with Crippen LogP contribution < -0.4 is 5.32 Å². The Balaban J connectivity index is 1.68. The first kappa shape index (κ1) is 16.5. The van der Waals surface area contributed by atoms with Gasteiger partial charge in [-0.05, 0) is 38.3 Å². The summed E-state index contributed by atoms with van der Waals surface area (Å²) in [7, 11) is 0. The van der Waals surface area contributed by atoms with Crippen LogP contribution in [-0.2, 0) is 4.79 Å². The minimum atomic E-state index is 0.121. The summed E-state index contributed by atoms with van der Waals surface area (Å²) in [6.07, 6.45) is 10.0. The van der Waals surface area contributed by atoms with Gasteiger partial charge in [0.1, 0.15) is 0 Å². The Morgan fingerprint density at radius 3 is 2.52 bits per heavy atom. The van der Waals surface area contributed by atoms with Crippen LogP contribution in [0.5, 0.6) is 0 Å². The van der Waals surface area contributed by atoms with Crippen molar-refractivity contribution in [2.45, 2.75) is 38.5 Å². The zero-order valence-corrected chi connectivity index (χ0v) is 13.4. The highest BCUT2D eigenvalue weighted by Gasteiger charge is 2.20. The second-order valence-corrected chi connectivity index (χ2v) is 6.53. The third-order valence-electron chi connectivity index (χ3n) is 4.73. The maximum Gasteiger partial charge on any atom is 0.234 e. The van der Waals surface area contributed by atoms with E-state index in [2.05, 4.69) is 21.7 Å². The van der Waals surface area contributed by atoms with Crippen molar-refractivity contribution in [3.63, 3.8) is 0 Å². The van der Waals surface area contributed by atoms with Crippen LogP contribution in [0.4, 0.5) is 0 Å². The Hall–Kier alpha value is -0.870. The van der Waals surface area contributed by atoms with Gasteiger partial charge in [-0.3, -0.25) is 9.69 Å². The Bertz CT molecular complexity index is 326. The molecule has 120 valence electrons. The monoisotopic (exact) mass is 293 g/mol. The highest BCUT2D eigenvalue weighted by molar-refractivity contribution is 5.78. The molecule has 1 aliphatic heterocycles. The maximum atomic E-state index is 11.8. The predicted octanol–water partition coefficient (Wildman–Crippen LogP) is 1.88. The van der Waals surface area contributed by atoms with Crippen molar-refractivity contribution < 1.29 is 4.79 Å². The van der Waals surface area contributed by atoms with Crippen LogP contribution in [0.2, 0.25) is 0 Å². The Labute approximate surface area is 129 Å². The summed E-state index contributed by atoms with van der Waals surface area (Å²) in [5.41, 5.74) is 0. The van der Waals surface area contributed by atoms with E-state index in [1.165, 1.54) is 51.6 Å². The lowest BCUT2D eigenvalue weighted by atomic mass is 9.89. The molecule has 0 spiro atoms. The molecule has 0 atom stereocenters. The molecular formula is C17H31N3O.